The molecule has 0 saturated carbocycles. The molecule has 0 saturated heterocycles. The Morgan fingerprint density at radius 1 is 1.08 bits per heavy atom. The van der Waals surface area contributed by atoms with Crippen molar-refractivity contribution in [3.05, 3.63) is 70.6 Å². The van der Waals surface area contributed by atoms with Crippen molar-refractivity contribution in [1.29, 1.82) is 0 Å². The number of aryl methyl sites for hydroxylation is 1. The van der Waals surface area contributed by atoms with E-state index in [9.17, 15) is 19.5 Å². The first kappa shape index (κ1) is 24.7. The molecule has 4 aromatic rings. The van der Waals surface area contributed by atoms with Crippen molar-refractivity contribution in [2.75, 3.05) is 10.2 Å². The first-order valence-electron chi connectivity index (χ1n) is 11.4. The van der Waals surface area contributed by atoms with Crippen LogP contribution in [0.2, 0.25) is 0 Å². The summed E-state index contributed by atoms with van der Waals surface area (Å²) in [7, 11) is 0. The fraction of sp³-hybridized carbons (Fsp3) is 0.259. The summed E-state index contributed by atoms with van der Waals surface area (Å²) in [5.74, 6) is -1.11. The van der Waals surface area contributed by atoms with E-state index in [2.05, 4.69) is 10.3 Å². The molecule has 0 bridgehead atoms. The number of nitrogens with one attached hydrogen (secondary N) is 1. The monoisotopic (exact) mass is 489 g/mol. The second-order valence-electron chi connectivity index (χ2n) is 9.46. The number of carboxylic acids is 1. The first-order chi connectivity index (χ1) is 16.9. The molecule has 0 spiro atoms. The third-order valence-electron chi connectivity index (χ3n) is 5.64. The van der Waals surface area contributed by atoms with E-state index in [1.54, 1.807) is 45.9 Å². The third-order valence-corrected chi connectivity index (χ3v) is 5.64. The zero-order valence-corrected chi connectivity index (χ0v) is 20.7. The van der Waals surface area contributed by atoms with Crippen molar-refractivity contribution in [2.24, 2.45) is 0 Å². The van der Waals surface area contributed by atoms with E-state index < -0.39 is 29.3 Å². The quantitative estimate of drug-likeness (QED) is 0.371. The number of hydrogen-bond donors (Lipinski definition) is 2. The van der Waals surface area contributed by atoms with E-state index in [1.165, 1.54) is 11.8 Å². The van der Waals surface area contributed by atoms with E-state index in [0.29, 0.717) is 22.5 Å². The molecule has 2 N–H and O–H groups in total. The zero-order valence-electron chi connectivity index (χ0n) is 20.7. The molecular weight excluding hydrogens is 462 g/mol. The number of ether oxygens (including phenoxy) is 1. The highest BCUT2D eigenvalue weighted by molar-refractivity contribution is 5.94. The van der Waals surface area contributed by atoms with Crippen LogP contribution in [0.4, 0.5) is 22.2 Å². The van der Waals surface area contributed by atoms with Crippen LogP contribution in [0, 0.1) is 6.92 Å². The van der Waals surface area contributed by atoms with Crippen molar-refractivity contribution in [1.82, 2.24) is 4.98 Å². The van der Waals surface area contributed by atoms with E-state index in [1.807, 2.05) is 36.4 Å². The van der Waals surface area contributed by atoms with Crippen molar-refractivity contribution in [3.8, 4) is 0 Å². The Balaban J connectivity index is 1.80. The molecule has 3 aromatic carbocycles. The summed E-state index contributed by atoms with van der Waals surface area (Å²) in [4.78, 5) is 43.1. The van der Waals surface area contributed by atoms with Gasteiger partial charge in [0.2, 0.25) is 0 Å². The molecule has 9 nitrogen and oxygen atoms in total. The average Bonchev–Trinajstić information content (AvgIpc) is 2.79. The van der Waals surface area contributed by atoms with Crippen molar-refractivity contribution < 1.29 is 23.8 Å². The second-order valence-corrected chi connectivity index (χ2v) is 9.46. The molecule has 4 rings (SSSR count). The topological polar surface area (TPSA) is 122 Å². The standard InChI is InChI=1S/C27H27N3O6/c1-15-20(29-26(34)36-27(3,4)5)12-13-21-22(15)24(33)35-25(28-21)30(16(2)23(31)32)19-11-10-17-8-6-7-9-18(17)14-19/h6-14,16H,1-5H3,(H,29,34)(H,31,32)/t16-/m0/s1. The number of nitrogens with zero attached hydrogens (tertiary/aromatic N) is 2. The summed E-state index contributed by atoms with van der Waals surface area (Å²) in [5.41, 5.74) is 0.259. The summed E-state index contributed by atoms with van der Waals surface area (Å²) in [6.07, 6.45) is -0.656. The van der Waals surface area contributed by atoms with Crippen molar-refractivity contribution in [2.45, 2.75) is 46.3 Å². The van der Waals surface area contributed by atoms with Crippen LogP contribution in [-0.4, -0.2) is 33.8 Å². The molecule has 0 unspecified atom stereocenters. The Labute approximate surface area is 207 Å². The fourth-order valence-electron chi connectivity index (χ4n) is 3.90. The summed E-state index contributed by atoms with van der Waals surface area (Å²) in [6.45, 7) is 8.40. The molecule has 1 amide bonds. The molecule has 186 valence electrons. The number of aliphatic carboxylic acids is 1. The number of carbonyl (C=O) groups excluding carboxylic acids is 1. The van der Waals surface area contributed by atoms with Gasteiger partial charge in [-0.25, -0.2) is 14.4 Å². The molecular formula is C27H27N3O6. The zero-order chi connectivity index (χ0) is 26.2. The Morgan fingerprint density at radius 3 is 2.44 bits per heavy atom. The Morgan fingerprint density at radius 2 is 1.78 bits per heavy atom. The van der Waals surface area contributed by atoms with Crippen LogP contribution in [0.15, 0.2) is 63.8 Å². The third kappa shape index (κ3) is 5.00. The second kappa shape index (κ2) is 9.33. The number of fused-ring (bicyclic) bond motifs is 2. The lowest BCUT2D eigenvalue weighted by Crippen LogP contribution is -2.36. The Kier molecular flexibility index (Phi) is 6.41. The fourth-order valence-corrected chi connectivity index (χ4v) is 3.90. The number of carboxylic acid groups (broad SMARTS) is 1. The van der Waals surface area contributed by atoms with E-state index >= 15 is 0 Å². The van der Waals surface area contributed by atoms with Crippen molar-refractivity contribution in [3.63, 3.8) is 0 Å². The number of anilines is 3. The molecule has 0 radical (unpaired) electrons. The largest absolute Gasteiger partial charge is 0.480 e. The summed E-state index contributed by atoms with van der Waals surface area (Å²) in [6, 6.07) is 15.1. The van der Waals surface area contributed by atoms with E-state index in [0.717, 1.165) is 10.8 Å². The lowest BCUT2D eigenvalue weighted by Gasteiger charge is -2.26. The number of hydrogen-bond acceptors (Lipinski definition) is 7. The maximum absolute atomic E-state index is 13.1. The summed E-state index contributed by atoms with van der Waals surface area (Å²) < 4.78 is 10.9. The molecule has 9 heteroatoms. The van der Waals surface area contributed by atoms with Gasteiger partial charge in [-0.3, -0.25) is 10.2 Å². The van der Waals surface area contributed by atoms with Crippen LogP contribution in [0.25, 0.3) is 21.7 Å². The maximum Gasteiger partial charge on any atom is 0.412 e. The molecule has 0 aliphatic heterocycles. The van der Waals surface area contributed by atoms with Gasteiger partial charge in [-0.2, -0.15) is 4.98 Å². The molecule has 1 aromatic heterocycles. The summed E-state index contributed by atoms with van der Waals surface area (Å²) >= 11 is 0. The molecule has 0 aliphatic rings. The maximum atomic E-state index is 13.1. The van der Waals surface area contributed by atoms with Gasteiger partial charge in [0.1, 0.15) is 11.6 Å². The molecule has 1 heterocycles. The smallest absolute Gasteiger partial charge is 0.412 e. The predicted octanol–water partition coefficient (Wildman–Crippen LogP) is 5.61. The number of carbonyl (C=O) groups is 2. The Bertz CT molecular complexity index is 1540. The van der Waals surface area contributed by atoms with Gasteiger partial charge in [-0.05, 0) is 75.2 Å². The van der Waals surface area contributed by atoms with E-state index in [4.69, 9.17) is 9.15 Å². The van der Waals surface area contributed by atoms with Crippen LogP contribution in [0.1, 0.15) is 33.3 Å². The highest BCUT2D eigenvalue weighted by Crippen LogP contribution is 2.31. The van der Waals surface area contributed by atoms with Gasteiger partial charge >= 0.3 is 23.7 Å². The SMILES string of the molecule is Cc1c(NC(=O)OC(C)(C)C)ccc2nc(N(c3ccc4ccccc4c3)[C@@H](C)C(=O)O)oc(=O)c12. The average molecular weight is 490 g/mol. The lowest BCUT2D eigenvalue weighted by molar-refractivity contribution is -0.138. The molecule has 36 heavy (non-hydrogen) atoms. The summed E-state index contributed by atoms with van der Waals surface area (Å²) in [5, 5.41) is 14.5. The van der Waals surface area contributed by atoms with Crippen LogP contribution < -0.4 is 15.8 Å². The normalized spacial score (nSPS) is 12.4. The van der Waals surface area contributed by atoms with Crippen LogP contribution in [-0.2, 0) is 9.53 Å². The van der Waals surface area contributed by atoms with Gasteiger partial charge in [-0.1, -0.05) is 30.3 Å². The molecule has 0 aliphatic carbocycles. The minimum atomic E-state index is -1.11. The highest BCUT2D eigenvalue weighted by Gasteiger charge is 2.28. The number of aromatic nitrogens is 1. The number of rotatable bonds is 5. The first-order valence-corrected chi connectivity index (χ1v) is 11.4. The minimum Gasteiger partial charge on any atom is -0.480 e. The van der Waals surface area contributed by atoms with Crippen LogP contribution in [0.3, 0.4) is 0 Å². The number of benzene rings is 3. The predicted molar refractivity (Wildman–Crippen MR) is 138 cm³/mol. The van der Waals surface area contributed by atoms with Crippen LogP contribution >= 0.6 is 0 Å². The highest BCUT2D eigenvalue weighted by atomic mass is 16.6. The van der Waals surface area contributed by atoms with Gasteiger partial charge < -0.3 is 14.3 Å². The van der Waals surface area contributed by atoms with Crippen LogP contribution in [0.5, 0.6) is 0 Å². The Hall–Kier alpha value is -4.40. The number of amides is 1. The van der Waals surface area contributed by atoms with Crippen molar-refractivity contribution >= 4 is 51.1 Å². The van der Waals surface area contributed by atoms with Gasteiger partial charge in [0.15, 0.2) is 0 Å². The minimum absolute atomic E-state index is 0.148. The van der Waals surface area contributed by atoms with Gasteiger partial charge in [0.25, 0.3) is 0 Å². The van der Waals surface area contributed by atoms with Gasteiger partial charge in [0.05, 0.1) is 10.9 Å². The molecule has 1 atom stereocenters. The van der Waals surface area contributed by atoms with E-state index in [-0.39, 0.29) is 11.4 Å². The van der Waals surface area contributed by atoms with Gasteiger partial charge in [0, 0.05) is 11.4 Å². The molecule has 0 fully saturated rings. The van der Waals surface area contributed by atoms with Gasteiger partial charge in [-0.15, -0.1) is 0 Å². The lowest BCUT2D eigenvalue weighted by atomic mass is 10.1.